The van der Waals surface area contributed by atoms with Crippen LogP contribution in [0.25, 0.3) is 0 Å². The molecule has 0 spiro atoms. The quantitative estimate of drug-likeness (QED) is 0.461. The summed E-state index contributed by atoms with van der Waals surface area (Å²) < 4.78 is 3.89. The van der Waals surface area contributed by atoms with E-state index in [-0.39, 0.29) is 0 Å². The molecule has 25 valence electrons. The Morgan fingerprint density at radius 3 is 2.25 bits per heavy atom. The van der Waals surface area contributed by atoms with Crippen LogP contribution in [-0.4, -0.2) is 0 Å². The van der Waals surface area contributed by atoms with Crippen molar-refractivity contribution in [2.75, 3.05) is 0 Å². The average molecular weight is 79.5 g/mol. The van der Waals surface area contributed by atoms with Gasteiger partial charge in [-0.15, -0.1) is 0 Å². The first-order chi connectivity index (χ1) is 1.91. The summed E-state index contributed by atoms with van der Waals surface area (Å²) in [5, 5.41) is 0. The lowest BCUT2D eigenvalue weighted by atomic mass is 10.9. The van der Waals surface area contributed by atoms with E-state index in [0.29, 0.717) is 0 Å². The van der Waals surface area contributed by atoms with Gasteiger partial charge in [0, 0.05) is 0 Å². The van der Waals surface area contributed by atoms with Gasteiger partial charge in [-0.25, -0.2) is 0 Å². The molecule has 0 unspecified atom stereocenters. The lowest BCUT2D eigenvalue weighted by Gasteiger charge is -1.69. The van der Waals surface area contributed by atoms with Crippen molar-refractivity contribution in [2.45, 2.75) is 6.92 Å². The van der Waals surface area contributed by atoms with Crippen LogP contribution in [0.1, 0.15) is 6.92 Å². The number of rotatable bonds is 1. The molecule has 2 heteroatoms. The van der Waals surface area contributed by atoms with Gasteiger partial charge < -0.3 is 0 Å². The SMILES string of the molecule is C[CH]OCl. The Bertz CT molecular complexity index is 8.00. The third-order valence-corrected chi connectivity index (χ3v) is 0.267. The van der Waals surface area contributed by atoms with Gasteiger partial charge in [0.2, 0.25) is 0 Å². The van der Waals surface area contributed by atoms with Gasteiger partial charge in [-0.1, -0.05) is 0 Å². The summed E-state index contributed by atoms with van der Waals surface area (Å²) in [4.78, 5) is 0. The van der Waals surface area contributed by atoms with Crippen LogP contribution in [0.3, 0.4) is 0 Å². The standard InChI is InChI=1S/C2H4ClO/c1-2-4-3/h2H,1H3. The Morgan fingerprint density at radius 1 is 2.00 bits per heavy atom. The second kappa shape index (κ2) is 3.25. The molecular formula is C2H4ClO. The molecule has 0 rings (SSSR count). The maximum Gasteiger partial charge on any atom is 0.104 e. The molecule has 0 heterocycles. The molecule has 0 saturated carbocycles. The van der Waals surface area contributed by atoms with Crippen LogP contribution in [0.15, 0.2) is 0 Å². The summed E-state index contributed by atoms with van der Waals surface area (Å²) >= 11 is 4.63. The van der Waals surface area contributed by atoms with Gasteiger partial charge in [0.15, 0.2) is 0 Å². The summed E-state index contributed by atoms with van der Waals surface area (Å²) in [7, 11) is 0. The van der Waals surface area contributed by atoms with E-state index in [1.54, 1.807) is 6.92 Å². The molecule has 0 aromatic heterocycles. The fourth-order valence-electron chi connectivity index (χ4n) is 0. The van der Waals surface area contributed by atoms with Gasteiger partial charge in [0.05, 0.1) is 11.9 Å². The van der Waals surface area contributed by atoms with E-state index in [1.807, 2.05) is 0 Å². The molecule has 0 amide bonds. The van der Waals surface area contributed by atoms with Gasteiger partial charge in [0.25, 0.3) is 0 Å². The Balaban J connectivity index is 1.97. The molecule has 0 aromatic rings. The van der Waals surface area contributed by atoms with Gasteiger partial charge in [-0.3, -0.25) is 4.29 Å². The molecule has 4 heavy (non-hydrogen) atoms. The third-order valence-electron chi connectivity index (χ3n) is 0.0891. The monoisotopic (exact) mass is 79.0 g/mol. The van der Waals surface area contributed by atoms with E-state index in [2.05, 4.69) is 16.2 Å². The molecule has 0 N–H and O–H groups in total. The molecule has 0 aliphatic rings. The van der Waals surface area contributed by atoms with E-state index in [4.69, 9.17) is 0 Å². The van der Waals surface area contributed by atoms with Crippen molar-refractivity contribution in [3.05, 3.63) is 6.61 Å². The van der Waals surface area contributed by atoms with Gasteiger partial charge >= 0.3 is 0 Å². The zero-order valence-electron chi connectivity index (χ0n) is 2.36. The van der Waals surface area contributed by atoms with Crippen LogP contribution in [0.4, 0.5) is 0 Å². The van der Waals surface area contributed by atoms with Crippen LogP contribution < -0.4 is 0 Å². The largest absolute Gasteiger partial charge is 0.273 e. The molecule has 0 saturated heterocycles. The highest BCUT2D eigenvalue weighted by Crippen LogP contribution is 1.78. The minimum absolute atomic E-state index is 1.39. The second-order valence-corrected chi connectivity index (χ2v) is 0.503. The first-order valence-corrected chi connectivity index (χ1v) is 1.28. The van der Waals surface area contributed by atoms with Crippen molar-refractivity contribution in [1.29, 1.82) is 0 Å². The van der Waals surface area contributed by atoms with Crippen molar-refractivity contribution >= 4 is 11.9 Å². The predicted molar refractivity (Wildman–Crippen MR) is 16.9 cm³/mol. The maximum absolute atomic E-state index is 4.63. The van der Waals surface area contributed by atoms with E-state index in [0.717, 1.165) is 0 Å². The highest BCUT2D eigenvalue weighted by molar-refractivity contribution is 6.07. The average Bonchev–Trinajstić information content (AvgIpc) is 1.37. The van der Waals surface area contributed by atoms with Gasteiger partial charge in [-0.2, -0.15) is 0 Å². The molecular weight excluding hydrogens is 75.5 g/mol. The summed E-state index contributed by atoms with van der Waals surface area (Å²) in [6.45, 7) is 3.09. The lowest BCUT2D eigenvalue weighted by molar-refractivity contribution is 0.463. The summed E-state index contributed by atoms with van der Waals surface area (Å²) in [5.74, 6) is 0. The van der Waals surface area contributed by atoms with E-state index in [9.17, 15) is 0 Å². The summed E-state index contributed by atoms with van der Waals surface area (Å²) in [6.07, 6.45) is 0. The lowest BCUT2D eigenvalue weighted by Crippen LogP contribution is -1.52. The molecule has 0 bridgehead atoms. The molecule has 0 aromatic carbocycles. The fourth-order valence-corrected chi connectivity index (χ4v) is 0. The Morgan fingerprint density at radius 2 is 2.25 bits per heavy atom. The third kappa shape index (κ3) is 2.25. The smallest absolute Gasteiger partial charge is 0.104 e. The van der Waals surface area contributed by atoms with E-state index in [1.165, 1.54) is 6.61 Å². The van der Waals surface area contributed by atoms with Gasteiger partial charge in [-0.05, 0) is 6.92 Å². The van der Waals surface area contributed by atoms with Crippen molar-refractivity contribution in [2.24, 2.45) is 0 Å². The zero-order valence-corrected chi connectivity index (χ0v) is 3.12. The number of halogens is 1. The Kier molecular flexibility index (Phi) is 3.45. The maximum atomic E-state index is 4.63. The molecule has 0 atom stereocenters. The first kappa shape index (κ1) is 4.25. The number of hydrogen-bond donors (Lipinski definition) is 0. The molecule has 0 aliphatic carbocycles. The Hall–Kier alpha value is 0.250. The molecule has 1 radical (unpaired) electrons. The van der Waals surface area contributed by atoms with E-state index < -0.39 is 0 Å². The molecule has 0 aliphatic heterocycles. The van der Waals surface area contributed by atoms with Crippen LogP contribution in [0.5, 0.6) is 0 Å². The van der Waals surface area contributed by atoms with Crippen LogP contribution in [0.2, 0.25) is 0 Å². The fraction of sp³-hybridized carbons (Fsp3) is 0.500. The first-order valence-electron chi connectivity index (χ1n) is 0.967. The summed E-state index contributed by atoms with van der Waals surface area (Å²) in [6, 6.07) is 0. The van der Waals surface area contributed by atoms with Crippen molar-refractivity contribution in [3.8, 4) is 0 Å². The highest BCUT2D eigenvalue weighted by atomic mass is 35.5. The summed E-state index contributed by atoms with van der Waals surface area (Å²) in [5.41, 5.74) is 0. The normalized spacial score (nSPS) is 7.50. The van der Waals surface area contributed by atoms with Crippen molar-refractivity contribution in [1.82, 2.24) is 0 Å². The molecule has 0 fully saturated rings. The predicted octanol–water partition coefficient (Wildman–Crippen LogP) is 1.34. The van der Waals surface area contributed by atoms with Crippen molar-refractivity contribution < 1.29 is 4.29 Å². The minimum atomic E-state index is 1.39. The zero-order chi connectivity index (χ0) is 3.41. The minimum Gasteiger partial charge on any atom is -0.273 e. The van der Waals surface area contributed by atoms with E-state index >= 15 is 0 Å². The Labute approximate surface area is 30.7 Å². The molecule has 1 nitrogen and oxygen atoms in total. The van der Waals surface area contributed by atoms with Crippen molar-refractivity contribution in [3.63, 3.8) is 0 Å². The second-order valence-electron chi connectivity index (χ2n) is 0.325. The number of hydrogen-bond acceptors (Lipinski definition) is 1. The highest BCUT2D eigenvalue weighted by Gasteiger charge is 1.57. The van der Waals surface area contributed by atoms with Gasteiger partial charge in [0.1, 0.15) is 6.61 Å². The van der Waals surface area contributed by atoms with Crippen LogP contribution >= 0.6 is 11.9 Å². The van der Waals surface area contributed by atoms with Crippen LogP contribution in [-0.2, 0) is 4.29 Å². The van der Waals surface area contributed by atoms with Crippen LogP contribution in [0, 0.1) is 6.61 Å². The topological polar surface area (TPSA) is 9.23 Å².